The fourth-order valence-corrected chi connectivity index (χ4v) is 4.67. The maximum absolute atomic E-state index is 11.4. The molecule has 0 aliphatic carbocycles. The molecule has 32 heavy (non-hydrogen) atoms. The first-order chi connectivity index (χ1) is 15.4. The van der Waals surface area contributed by atoms with Crippen molar-refractivity contribution in [2.45, 2.75) is 12.3 Å². The van der Waals surface area contributed by atoms with E-state index in [0.29, 0.717) is 32.7 Å². The van der Waals surface area contributed by atoms with Crippen molar-refractivity contribution in [2.24, 2.45) is 0 Å². The van der Waals surface area contributed by atoms with Crippen LogP contribution in [-0.4, -0.2) is 20.4 Å². The van der Waals surface area contributed by atoms with E-state index in [0.717, 1.165) is 5.56 Å². The highest BCUT2D eigenvalue weighted by atomic mass is 16.3. The van der Waals surface area contributed by atoms with E-state index in [-0.39, 0.29) is 23.0 Å². The third-order valence-electron chi connectivity index (χ3n) is 6.42. The van der Waals surface area contributed by atoms with Crippen LogP contribution in [0.1, 0.15) is 23.6 Å². The van der Waals surface area contributed by atoms with Gasteiger partial charge in [0.15, 0.2) is 0 Å². The first-order valence-corrected chi connectivity index (χ1v) is 10.4. The van der Waals surface area contributed by atoms with Gasteiger partial charge in [-0.3, -0.25) is 0 Å². The smallest absolute Gasteiger partial charge is 0.128 e. The van der Waals surface area contributed by atoms with Crippen LogP contribution in [0.4, 0.5) is 0 Å². The molecule has 0 heterocycles. The lowest BCUT2D eigenvalue weighted by Gasteiger charge is -2.34. The van der Waals surface area contributed by atoms with E-state index in [1.165, 1.54) is 12.1 Å². The molecule has 4 N–H and O–H groups in total. The Hall–Kier alpha value is -4.18. The Morgan fingerprint density at radius 2 is 0.875 bits per heavy atom. The van der Waals surface area contributed by atoms with Crippen LogP contribution in [0.15, 0.2) is 91.0 Å². The average Bonchev–Trinajstić information content (AvgIpc) is 2.84. The van der Waals surface area contributed by atoms with Gasteiger partial charge in [0, 0.05) is 38.1 Å². The highest BCUT2D eigenvalue weighted by molar-refractivity contribution is 5.97. The van der Waals surface area contributed by atoms with Gasteiger partial charge in [-0.25, -0.2) is 0 Å². The van der Waals surface area contributed by atoms with Crippen LogP contribution in [0.2, 0.25) is 0 Å². The molecule has 0 saturated heterocycles. The minimum atomic E-state index is -1.08. The second-order valence-corrected chi connectivity index (χ2v) is 8.17. The SMILES string of the molecule is CC(c1ccccc1)(c1cc(O)c2ccccc2c1O)c1cc(O)c2ccccc2c1O. The summed E-state index contributed by atoms with van der Waals surface area (Å²) < 4.78 is 0. The summed E-state index contributed by atoms with van der Waals surface area (Å²) in [6.45, 7) is 1.87. The van der Waals surface area contributed by atoms with E-state index in [1.54, 1.807) is 48.5 Å². The van der Waals surface area contributed by atoms with E-state index >= 15 is 0 Å². The third kappa shape index (κ3) is 2.77. The first kappa shape index (κ1) is 19.8. The van der Waals surface area contributed by atoms with Gasteiger partial charge in [0.25, 0.3) is 0 Å². The molecule has 0 atom stereocenters. The molecule has 0 aromatic heterocycles. The Labute approximate surface area is 185 Å². The largest absolute Gasteiger partial charge is 0.507 e. The summed E-state index contributed by atoms with van der Waals surface area (Å²) in [5, 5.41) is 46.4. The molecule has 5 rings (SSSR count). The van der Waals surface area contributed by atoms with E-state index < -0.39 is 5.41 Å². The topological polar surface area (TPSA) is 80.9 Å². The molecule has 4 nitrogen and oxygen atoms in total. The van der Waals surface area contributed by atoms with Gasteiger partial charge in [-0.15, -0.1) is 0 Å². The molecule has 0 amide bonds. The van der Waals surface area contributed by atoms with Crippen LogP contribution in [0, 0.1) is 0 Å². The number of phenolic OH excluding ortho intramolecular Hbond substituents is 4. The van der Waals surface area contributed by atoms with E-state index in [9.17, 15) is 20.4 Å². The molecule has 0 aliphatic heterocycles. The molecular formula is C28H22O4. The van der Waals surface area contributed by atoms with Gasteiger partial charge < -0.3 is 20.4 Å². The predicted octanol–water partition coefficient (Wildman–Crippen LogP) is 6.17. The van der Waals surface area contributed by atoms with Gasteiger partial charge in [0.1, 0.15) is 23.0 Å². The van der Waals surface area contributed by atoms with Gasteiger partial charge in [-0.2, -0.15) is 0 Å². The first-order valence-electron chi connectivity index (χ1n) is 10.4. The Morgan fingerprint density at radius 1 is 0.500 bits per heavy atom. The molecule has 0 saturated carbocycles. The molecule has 0 spiro atoms. The molecule has 0 radical (unpaired) electrons. The van der Waals surface area contributed by atoms with Crippen molar-refractivity contribution in [3.63, 3.8) is 0 Å². The number of aromatic hydroxyl groups is 4. The van der Waals surface area contributed by atoms with Crippen LogP contribution in [0.25, 0.3) is 21.5 Å². The second-order valence-electron chi connectivity index (χ2n) is 8.17. The van der Waals surface area contributed by atoms with Crippen molar-refractivity contribution in [3.8, 4) is 23.0 Å². The summed E-state index contributed by atoms with van der Waals surface area (Å²) >= 11 is 0. The molecule has 0 bridgehead atoms. The Morgan fingerprint density at radius 3 is 1.31 bits per heavy atom. The fourth-order valence-electron chi connectivity index (χ4n) is 4.67. The minimum absolute atomic E-state index is 0.0109. The summed E-state index contributed by atoms with van der Waals surface area (Å²) in [6, 6.07) is 26.7. The quantitative estimate of drug-likeness (QED) is 0.207. The fraction of sp³-hybridized carbons (Fsp3) is 0.0714. The summed E-state index contributed by atoms with van der Waals surface area (Å²) in [4.78, 5) is 0. The van der Waals surface area contributed by atoms with Crippen LogP contribution >= 0.6 is 0 Å². The summed E-state index contributed by atoms with van der Waals surface area (Å²) in [5.41, 5.74) is 0.545. The zero-order chi connectivity index (χ0) is 22.5. The van der Waals surface area contributed by atoms with E-state index in [4.69, 9.17) is 0 Å². The summed E-state index contributed by atoms with van der Waals surface area (Å²) in [5.74, 6) is 0.0775. The van der Waals surface area contributed by atoms with Crippen molar-refractivity contribution in [2.75, 3.05) is 0 Å². The van der Waals surface area contributed by atoms with Gasteiger partial charge in [-0.05, 0) is 24.6 Å². The van der Waals surface area contributed by atoms with Crippen LogP contribution in [0.5, 0.6) is 23.0 Å². The number of benzene rings is 5. The van der Waals surface area contributed by atoms with Crippen molar-refractivity contribution >= 4 is 21.5 Å². The summed E-state index contributed by atoms with van der Waals surface area (Å²) in [6.07, 6.45) is 0. The van der Waals surface area contributed by atoms with Crippen LogP contribution in [0.3, 0.4) is 0 Å². The van der Waals surface area contributed by atoms with Crippen LogP contribution < -0.4 is 0 Å². The van der Waals surface area contributed by atoms with Crippen molar-refractivity contribution < 1.29 is 20.4 Å². The monoisotopic (exact) mass is 422 g/mol. The molecule has 158 valence electrons. The molecular weight excluding hydrogens is 400 g/mol. The normalized spacial score (nSPS) is 11.8. The van der Waals surface area contributed by atoms with Crippen LogP contribution in [-0.2, 0) is 5.41 Å². The Kier molecular flexibility index (Phi) is 4.45. The van der Waals surface area contributed by atoms with Crippen molar-refractivity contribution in [3.05, 3.63) is 108 Å². The standard InChI is InChI=1S/C28H22O4/c1-28(17-9-3-2-4-10-17,22-15-24(29)18-11-5-7-13-20(18)26(22)31)23-16-25(30)19-12-6-8-14-21(19)27(23)32/h2-16,29-32H,1H3. The lowest BCUT2D eigenvalue weighted by atomic mass is 9.69. The van der Waals surface area contributed by atoms with Gasteiger partial charge in [-0.1, -0.05) is 78.9 Å². The Bertz CT molecular complexity index is 1380. The lowest BCUT2D eigenvalue weighted by Crippen LogP contribution is -2.26. The number of phenols is 4. The Balaban J connectivity index is 1.93. The van der Waals surface area contributed by atoms with E-state index in [2.05, 4.69) is 0 Å². The average molecular weight is 422 g/mol. The van der Waals surface area contributed by atoms with Gasteiger partial charge in [0.2, 0.25) is 0 Å². The number of rotatable bonds is 3. The zero-order valence-corrected chi connectivity index (χ0v) is 17.4. The maximum atomic E-state index is 11.4. The van der Waals surface area contributed by atoms with Crippen molar-refractivity contribution in [1.82, 2.24) is 0 Å². The highest BCUT2D eigenvalue weighted by Gasteiger charge is 2.38. The lowest BCUT2D eigenvalue weighted by molar-refractivity contribution is 0.438. The second kappa shape index (κ2) is 7.20. The van der Waals surface area contributed by atoms with Gasteiger partial charge >= 0.3 is 0 Å². The van der Waals surface area contributed by atoms with Gasteiger partial charge in [0.05, 0.1) is 0 Å². The molecule has 0 fully saturated rings. The molecule has 5 aromatic carbocycles. The predicted molar refractivity (Wildman–Crippen MR) is 127 cm³/mol. The highest BCUT2D eigenvalue weighted by Crippen LogP contribution is 2.51. The van der Waals surface area contributed by atoms with Crippen molar-refractivity contribution in [1.29, 1.82) is 0 Å². The number of fused-ring (bicyclic) bond motifs is 2. The molecule has 4 heteroatoms. The number of hydrogen-bond donors (Lipinski definition) is 4. The molecule has 0 unspecified atom stereocenters. The van der Waals surface area contributed by atoms with E-state index in [1.807, 2.05) is 37.3 Å². The maximum Gasteiger partial charge on any atom is 0.128 e. The third-order valence-corrected chi connectivity index (χ3v) is 6.42. The number of hydrogen-bond acceptors (Lipinski definition) is 4. The zero-order valence-electron chi connectivity index (χ0n) is 17.4. The summed E-state index contributed by atoms with van der Waals surface area (Å²) in [7, 11) is 0. The minimum Gasteiger partial charge on any atom is -0.507 e. The molecule has 5 aromatic rings. The molecule has 0 aliphatic rings.